The number of thioether (sulfide) groups is 2. The van der Waals surface area contributed by atoms with Crippen LogP contribution in [0.2, 0.25) is 0 Å². The van der Waals surface area contributed by atoms with Gasteiger partial charge in [0.25, 0.3) is 5.70 Å². The zero-order chi connectivity index (χ0) is 36.0. The molecule has 0 bridgehead atoms. The summed E-state index contributed by atoms with van der Waals surface area (Å²) in [5, 5.41) is 0. The first-order chi connectivity index (χ1) is 24.1. The average Bonchev–Trinajstić information content (AvgIpc) is 3.57. The fourth-order valence-corrected chi connectivity index (χ4v) is 8.59. The molecule has 1 heterocycles. The third kappa shape index (κ3) is 10.9. The Hall–Kier alpha value is -3.76. The molecule has 1 aliphatic heterocycles. The summed E-state index contributed by atoms with van der Waals surface area (Å²) in [5.41, 5.74) is 0.880. The van der Waals surface area contributed by atoms with Gasteiger partial charge in [0.15, 0.2) is 0 Å². The van der Waals surface area contributed by atoms with Crippen LogP contribution in [-0.4, -0.2) is 55.8 Å². The maximum atomic E-state index is 13.2. The molecule has 3 aliphatic rings. The Bertz CT molecular complexity index is 1500. The lowest BCUT2D eigenvalue weighted by Gasteiger charge is -2.30. The van der Waals surface area contributed by atoms with Crippen LogP contribution in [0.4, 0.5) is 0 Å². The molecule has 2 aliphatic carbocycles. The van der Waals surface area contributed by atoms with Crippen LogP contribution in [0.15, 0.2) is 44.5 Å². The normalized spacial score (nSPS) is 22.3. The van der Waals surface area contributed by atoms with Gasteiger partial charge in [-0.2, -0.15) is 0 Å². The smallest absolute Gasteiger partial charge is 0.338 e. The van der Waals surface area contributed by atoms with Crippen molar-refractivity contribution in [1.29, 1.82) is 0 Å². The van der Waals surface area contributed by atoms with Crippen molar-refractivity contribution >= 4 is 53.4 Å². The highest BCUT2D eigenvalue weighted by Gasteiger charge is 2.36. The van der Waals surface area contributed by atoms with Crippen LogP contribution >= 0.6 is 23.5 Å². The molecule has 13 heteroatoms. The van der Waals surface area contributed by atoms with Crippen molar-refractivity contribution in [3.63, 3.8) is 0 Å². The van der Waals surface area contributed by atoms with E-state index in [9.17, 15) is 24.0 Å². The Morgan fingerprint density at radius 1 is 0.800 bits per heavy atom. The second-order valence-electron chi connectivity index (χ2n) is 12.6. The summed E-state index contributed by atoms with van der Waals surface area (Å²) in [7, 11) is 0. The third-order valence-corrected chi connectivity index (χ3v) is 11.7. The van der Waals surface area contributed by atoms with Crippen molar-refractivity contribution in [2.75, 3.05) is 19.8 Å². The number of carbonyl (C=O) groups excluding carboxylic acids is 5. The van der Waals surface area contributed by atoms with Crippen molar-refractivity contribution in [3.8, 4) is 5.75 Å². The van der Waals surface area contributed by atoms with Gasteiger partial charge in [-0.05, 0) is 89.2 Å². The van der Waals surface area contributed by atoms with Crippen LogP contribution in [-0.2, 0) is 42.9 Å². The van der Waals surface area contributed by atoms with Gasteiger partial charge in [-0.3, -0.25) is 19.2 Å². The number of esters is 5. The minimum atomic E-state index is -0.646. The molecular formula is C37H45NO10S2. The second kappa shape index (κ2) is 19.6. The van der Waals surface area contributed by atoms with Crippen LogP contribution in [0.1, 0.15) is 89.5 Å². The molecule has 270 valence electrons. The molecule has 0 N–H and O–H groups in total. The number of hydrogen-bond acceptors (Lipinski definition) is 12. The fourth-order valence-electron chi connectivity index (χ4n) is 5.96. The fraction of sp³-hybridized carbons (Fsp3) is 0.568. The number of unbranched alkanes of at least 4 members (excludes halogenated alkanes) is 2. The molecule has 1 aromatic rings. The highest BCUT2D eigenvalue weighted by Crippen LogP contribution is 2.57. The number of carbonyl (C=O) groups is 5. The lowest BCUT2D eigenvalue weighted by Crippen LogP contribution is -2.33. The van der Waals surface area contributed by atoms with E-state index in [1.807, 2.05) is 19.9 Å². The summed E-state index contributed by atoms with van der Waals surface area (Å²) in [6.07, 6.45) is 8.01. The highest BCUT2D eigenvalue weighted by molar-refractivity contribution is 8.24. The van der Waals surface area contributed by atoms with Gasteiger partial charge in [0.2, 0.25) is 0 Å². The zero-order valence-electron chi connectivity index (χ0n) is 28.7. The first kappa shape index (κ1) is 39.0. The maximum absolute atomic E-state index is 13.2. The van der Waals surface area contributed by atoms with Crippen molar-refractivity contribution in [1.82, 2.24) is 0 Å². The van der Waals surface area contributed by atoms with Crippen molar-refractivity contribution in [2.24, 2.45) is 17.8 Å². The van der Waals surface area contributed by atoms with E-state index in [4.69, 9.17) is 30.3 Å². The predicted molar refractivity (Wildman–Crippen MR) is 187 cm³/mol. The van der Waals surface area contributed by atoms with Crippen LogP contribution in [0.5, 0.6) is 5.75 Å². The standard InChI is InChI=1S/C37H45NO10S2/c1-5-7-20-46-36(43)30(38-4)37-49-31-23(3)10-19-28(32(31)50-37)48-35(42)26-15-17-27(18-16-26)47-34(41)25-13-11-24(12-14-25)33(40)45-22-9-8-21-44-29(39)6-2/h6,10,19,24-27H,2,5,7-9,11-18,20-22H2,1,3H3. The van der Waals surface area contributed by atoms with Crippen molar-refractivity contribution < 1.29 is 47.7 Å². The molecule has 0 unspecified atom stereocenters. The van der Waals surface area contributed by atoms with E-state index < -0.39 is 11.9 Å². The Labute approximate surface area is 302 Å². The molecule has 1 aromatic carbocycles. The number of aryl methyl sites for hydroxylation is 1. The van der Waals surface area contributed by atoms with E-state index in [0.29, 0.717) is 79.1 Å². The summed E-state index contributed by atoms with van der Waals surface area (Å²) in [5.74, 6) is -2.43. The summed E-state index contributed by atoms with van der Waals surface area (Å²) < 4.78 is 27.8. The molecule has 11 nitrogen and oxygen atoms in total. The quantitative estimate of drug-likeness (QED) is 0.0442. The van der Waals surface area contributed by atoms with Gasteiger partial charge in [-0.1, -0.05) is 49.5 Å². The minimum Gasteiger partial charge on any atom is -0.471 e. The summed E-state index contributed by atoms with van der Waals surface area (Å²) in [6, 6.07) is 3.60. The Balaban J connectivity index is 1.19. The Kier molecular flexibility index (Phi) is 15.3. The van der Waals surface area contributed by atoms with E-state index in [2.05, 4.69) is 11.4 Å². The third-order valence-electron chi connectivity index (χ3n) is 8.98. The van der Waals surface area contributed by atoms with Gasteiger partial charge in [-0.15, -0.1) is 0 Å². The van der Waals surface area contributed by atoms with Gasteiger partial charge in [0, 0.05) is 11.0 Å². The number of hydrogen-bond donors (Lipinski definition) is 0. The molecular weight excluding hydrogens is 683 g/mol. The SMILES string of the molecule is [C-]#[N+]C(C(=O)OCCCC)=C1Sc2c(C)ccc(OC(=O)C3CCC(OC(=O)C4CCC(C(=O)OCCCCOC(=O)C=C)CC4)CC3)c2S1. The molecule has 0 saturated heterocycles. The van der Waals surface area contributed by atoms with Crippen LogP contribution in [0.3, 0.4) is 0 Å². The first-order valence-electron chi connectivity index (χ1n) is 17.3. The van der Waals surface area contributed by atoms with Crippen LogP contribution < -0.4 is 4.74 Å². The van der Waals surface area contributed by atoms with Crippen LogP contribution in [0, 0.1) is 31.2 Å². The Morgan fingerprint density at radius 3 is 2.02 bits per heavy atom. The largest absolute Gasteiger partial charge is 0.471 e. The molecule has 2 saturated carbocycles. The van der Waals surface area contributed by atoms with E-state index in [1.165, 1.54) is 23.5 Å². The molecule has 0 atom stereocenters. The minimum absolute atomic E-state index is 0.0682. The number of nitrogens with zero attached hydrogens (tertiary/aromatic N) is 1. The van der Waals surface area contributed by atoms with Crippen molar-refractivity contribution in [3.05, 3.63) is 51.7 Å². The molecule has 2 fully saturated rings. The lowest BCUT2D eigenvalue weighted by atomic mass is 9.82. The summed E-state index contributed by atoms with van der Waals surface area (Å²) >= 11 is 2.56. The van der Waals surface area contributed by atoms with Gasteiger partial charge in [0.1, 0.15) is 11.9 Å². The molecule has 4 rings (SSSR count). The van der Waals surface area contributed by atoms with Crippen molar-refractivity contribution in [2.45, 2.75) is 107 Å². The highest BCUT2D eigenvalue weighted by atomic mass is 32.2. The molecule has 0 spiro atoms. The lowest BCUT2D eigenvalue weighted by molar-refractivity contribution is -0.160. The van der Waals surface area contributed by atoms with E-state index in [1.54, 1.807) is 6.07 Å². The molecule has 0 radical (unpaired) electrons. The summed E-state index contributed by atoms with van der Waals surface area (Å²) in [4.78, 5) is 67.3. The summed E-state index contributed by atoms with van der Waals surface area (Å²) in [6.45, 7) is 15.6. The number of benzene rings is 1. The van der Waals surface area contributed by atoms with E-state index in [-0.39, 0.29) is 67.3 Å². The van der Waals surface area contributed by atoms with Crippen LogP contribution in [0.25, 0.3) is 4.85 Å². The Morgan fingerprint density at radius 2 is 1.38 bits per heavy atom. The van der Waals surface area contributed by atoms with E-state index in [0.717, 1.165) is 29.4 Å². The zero-order valence-corrected chi connectivity index (χ0v) is 30.3. The number of ether oxygens (including phenoxy) is 5. The molecule has 0 aromatic heterocycles. The molecule has 0 amide bonds. The van der Waals surface area contributed by atoms with Gasteiger partial charge < -0.3 is 23.7 Å². The first-order valence-corrected chi connectivity index (χ1v) is 18.9. The predicted octanol–water partition coefficient (Wildman–Crippen LogP) is 7.49. The average molecular weight is 728 g/mol. The van der Waals surface area contributed by atoms with Gasteiger partial charge in [0.05, 0.1) is 53.3 Å². The maximum Gasteiger partial charge on any atom is 0.338 e. The molecule has 50 heavy (non-hydrogen) atoms. The topological polar surface area (TPSA) is 136 Å². The second-order valence-corrected chi connectivity index (χ2v) is 14.9. The van der Waals surface area contributed by atoms with E-state index >= 15 is 0 Å². The number of rotatable bonds is 15. The van der Waals surface area contributed by atoms with Gasteiger partial charge >= 0.3 is 29.8 Å². The monoisotopic (exact) mass is 727 g/mol. The van der Waals surface area contributed by atoms with Gasteiger partial charge in [-0.25, -0.2) is 9.64 Å². The number of fused-ring (bicyclic) bond motifs is 1.